The molecule has 1 unspecified atom stereocenters. The van der Waals surface area contributed by atoms with Crippen molar-refractivity contribution in [2.24, 2.45) is 5.92 Å². The monoisotopic (exact) mass is 187 g/mol. The van der Waals surface area contributed by atoms with Crippen LogP contribution in [0.1, 0.15) is 41.0 Å². The van der Waals surface area contributed by atoms with Crippen LogP contribution < -0.4 is 5.32 Å². The largest absolute Gasteiger partial charge is 0.356 e. The predicted octanol–water partition coefficient (Wildman–Crippen LogP) is 1.92. The Morgan fingerprint density at radius 1 is 1.46 bits per heavy atom. The van der Waals surface area contributed by atoms with Crippen molar-refractivity contribution in [2.45, 2.75) is 46.6 Å². The van der Waals surface area contributed by atoms with Crippen LogP contribution in [-0.2, 0) is 9.53 Å². The lowest BCUT2D eigenvalue weighted by Gasteiger charge is -2.20. The van der Waals surface area contributed by atoms with Gasteiger partial charge in [0.25, 0.3) is 0 Å². The van der Waals surface area contributed by atoms with Gasteiger partial charge in [-0.05, 0) is 27.2 Å². The van der Waals surface area contributed by atoms with Crippen LogP contribution in [0.2, 0.25) is 0 Å². The Hall–Kier alpha value is -0.570. The van der Waals surface area contributed by atoms with Crippen molar-refractivity contribution in [2.75, 3.05) is 6.73 Å². The number of amides is 1. The molecule has 0 aromatic rings. The molecule has 0 spiro atoms. The third kappa shape index (κ3) is 6.58. The number of carbonyl (C=O) groups excluding carboxylic acids is 1. The summed E-state index contributed by atoms with van der Waals surface area (Å²) in [6.45, 7) is 10.1. The van der Waals surface area contributed by atoms with Crippen LogP contribution in [0.15, 0.2) is 0 Å². The van der Waals surface area contributed by atoms with E-state index in [-0.39, 0.29) is 17.4 Å². The molecule has 1 N–H and O–H groups in total. The maximum atomic E-state index is 11.3. The summed E-state index contributed by atoms with van der Waals surface area (Å²) in [7, 11) is 0. The van der Waals surface area contributed by atoms with Crippen molar-refractivity contribution < 1.29 is 9.53 Å². The van der Waals surface area contributed by atoms with Crippen molar-refractivity contribution in [1.82, 2.24) is 5.32 Å². The second-order valence-corrected chi connectivity index (χ2v) is 4.25. The highest BCUT2D eigenvalue weighted by molar-refractivity contribution is 5.77. The lowest BCUT2D eigenvalue weighted by Crippen LogP contribution is -2.34. The number of hydrogen-bond acceptors (Lipinski definition) is 2. The molecule has 0 radical (unpaired) electrons. The van der Waals surface area contributed by atoms with Crippen LogP contribution in [0, 0.1) is 5.92 Å². The molecular weight excluding hydrogens is 166 g/mol. The molecule has 0 saturated heterocycles. The Labute approximate surface area is 80.8 Å². The number of nitrogens with one attached hydrogen (secondary N) is 1. The minimum Gasteiger partial charge on any atom is -0.356 e. The Kier molecular flexibility index (Phi) is 4.99. The van der Waals surface area contributed by atoms with Gasteiger partial charge in [0, 0.05) is 5.92 Å². The van der Waals surface area contributed by atoms with Gasteiger partial charge in [0.2, 0.25) is 5.91 Å². The van der Waals surface area contributed by atoms with Crippen LogP contribution in [0.5, 0.6) is 0 Å². The van der Waals surface area contributed by atoms with E-state index in [0.717, 1.165) is 6.42 Å². The molecule has 0 rings (SSSR count). The number of carbonyl (C=O) groups is 1. The average Bonchev–Trinajstić information content (AvgIpc) is 2.00. The highest BCUT2D eigenvalue weighted by Gasteiger charge is 2.12. The fraction of sp³-hybridized carbons (Fsp3) is 0.900. The first-order chi connectivity index (χ1) is 5.87. The molecule has 1 amide bonds. The van der Waals surface area contributed by atoms with Gasteiger partial charge in [-0.3, -0.25) is 4.79 Å². The van der Waals surface area contributed by atoms with E-state index in [2.05, 4.69) is 5.32 Å². The van der Waals surface area contributed by atoms with E-state index in [1.807, 2.05) is 34.6 Å². The molecule has 0 aromatic heterocycles. The summed E-state index contributed by atoms with van der Waals surface area (Å²) in [5.41, 5.74) is -0.192. The molecule has 13 heavy (non-hydrogen) atoms. The molecule has 0 aliphatic heterocycles. The van der Waals surface area contributed by atoms with Crippen molar-refractivity contribution in [3.63, 3.8) is 0 Å². The Balaban J connectivity index is 3.60. The summed E-state index contributed by atoms with van der Waals surface area (Å²) in [4.78, 5) is 11.3. The highest BCUT2D eigenvalue weighted by Crippen LogP contribution is 2.05. The molecular formula is C10H21NO2. The van der Waals surface area contributed by atoms with Gasteiger partial charge < -0.3 is 10.1 Å². The molecule has 78 valence electrons. The quantitative estimate of drug-likeness (QED) is 0.683. The van der Waals surface area contributed by atoms with Gasteiger partial charge in [0.1, 0.15) is 6.73 Å². The molecule has 0 aliphatic carbocycles. The van der Waals surface area contributed by atoms with Crippen LogP contribution in [-0.4, -0.2) is 18.2 Å². The van der Waals surface area contributed by atoms with Gasteiger partial charge in [-0.2, -0.15) is 0 Å². The molecule has 0 aromatic carbocycles. The fourth-order valence-electron chi connectivity index (χ4n) is 0.683. The highest BCUT2D eigenvalue weighted by atomic mass is 16.5. The predicted molar refractivity (Wildman–Crippen MR) is 53.3 cm³/mol. The van der Waals surface area contributed by atoms with Gasteiger partial charge in [0.15, 0.2) is 0 Å². The standard InChI is InChI=1S/C10H21NO2/c1-6-8(2)9(12)11-7-13-10(3,4)5/h8H,6-7H2,1-5H3,(H,11,12). The molecule has 3 heteroatoms. The van der Waals surface area contributed by atoms with Gasteiger partial charge in [-0.15, -0.1) is 0 Å². The topological polar surface area (TPSA) is 38.3 Å². The molecule has 3 nitrogen and oxygen atoms in total. The van der Waals surface area contributed by atoms with Crippen molar-refractivity contribution in [1.29, 1.82) is 0 Å². The summed E-state index contributed by atoms with van der Waals surface area (Å²) in [6, 6.07) is 0. The summed E-state index contributed by atoms with van der Waals surface area (Å²) in [5.74, 6) is 0.135. The summed E-state index contributed by atoms with van der Waals surface area (Å²) < 4.78 is 5.36. The van der Waals surface area contributed by atoms with Crippen LogP contribution in [0.25, 0.3) is 0 Å². The number of rotatable bonds is 4. The third-order valence-electron chi connectivity index (χ3n) is 1.81. The summed E-state index contributed by atoms with van der Waals surface area (Å²) in [6.07, 6.45) is 0.862. The van der Waals surface area contributed by atoms with Gasteiger partial charge in [-0.25, -0.2) is 0 Å². The normalized spacial score (nSPS) is 13.9. The number of ether oxygens (including phenoxy) is 1. The van der Waals surface area contributed by atoms with E-state index < -0.39 is 0 Å². The fourth-order valence-corrected chi connectivity index (χ4v) is 0.683. The molecule has 0 heterocycles. The first kappa shape index (κ1) is 12.4. The second kappa shape index (κ2) is 5.22. The van der Waals surface area contributed by atoms with E-state index in [9.17, 15) is 4.79 Å². The zero-order chi connectivity index (χ0) is 10.5. The first-order valence-corrected chi connectivity index (χ1v) is 4.78. The molecule has 0 aliphatic rings. The average molecular weight is 187 g/mol. The van der Waals surface area contributed by atoms with Crippen molar-refractivity contribution >= 4 is 5.91 Å². The zero-order valence-electron chi connectivity index (χ0n) is 9.31. The maximum Gasteiger partial charge on any atom is 0.224 e. The molecule has 0 bridgehead atoms. The van der Waals surface area contributed by atoms with Crippen LogP contribution in [0.3, 0.4) is 0 Å². The Morgan fingerprint density at radius 3 is 2.38 bits per heavy atom. The minimum atomic E-state index is -0.192. The van der Waals surface area contributed by atoms with E-state index in [0.29, 0.717) is 6.73 Å². The van der Waals surface area contributed by atoms with Crippen molar-refractivity contribution in [3.8, 4) is 0 Å². The summed E-state index contributed by atoms with van der Waals surface area (Å²) >= 11 is 0. The summed E-state index contributed by atoms with van der Waals surface area (Å²) in [5, 5.41) is 2.73. The van der Waals surface area contributed by atoms with E-state index in [4.69, 9.17) is 4.74 Å². The smallest absolute Gasteiger partial charge is 0.224 e. The van der Waals surface area contributed by atoms with E-state index in [1.165, 1.54) is 0 Å². The Bertz CT molecular complexity index is 161. The minimum absolute atomic E-state index is 0.0618. The third-order valence-corrected chi connectivity index (χ3v) is 1.81. The second-order valence-electron chi connectivity index (χ2n) is 4.25. The molecule has 0 fully saturated rings. The van der Waals surface area contributed by atoms with E-state index >= 15 is 0 Å². The SMILES string of the molecule is CCC(C)C(=O)NCOC(C)(C)C. The Morgan fingerprint density at radius 2 is 2.00 bits per heavy atom. The molecule has 1 atom stereocenters. The maximum absolute atomic E-state index is 11.3. The lowest BCUT2D eigenvalue weighted by atomic mass is 10.1. The van der Waals surface area contributed by atoms with Gasteiger partial charge >= 0.3 is 0 Å². The number of hydrogen-bond donors (Lipinski definition) is 1. The zero-order valence-corrected chi connectivity index (χ0v) is 9.31. The van der Waals surface area contributed by atoms with Crippen LogP contribution in [0.4, 0.5) is 0 Å². The van der Waals surface area contributed by atoms with Gasteiger partial charge in [0.05, 0.1) is 5.60 Å². The van der Waals surface area contributed by atoms with Crippen molar-refractivity contribution in [3.05, 3.63) is 0 Å². The van der Waals surface area contributed by atoms with Crippen LogP contribution >= 0.6 is 0 Å². The first-order valence-electron chi connectivity index (χ1n) is 4.78. The van der Waals surface area contributed by atoms with E-state index in [1.54, 1.807) is 0 Å². The van der Waals surface area contributed by atoms with Gasteiger partial charge in [-0.1, -0.05) is 13.8 Å². The molecule has 0 saturated carbocycles. The lowest BCUT2D eigenvalue weighted by molar-refractivity contribution is -0.128.